The van der Waals surface area contributed by atoms with Crippen LogP contribution in [0.1, 0.15) is 27.2 Å². The number of hydrogen-bond donors (Lipinski definition) is 1. The largest absolute Gasteiger partial charge is 0.348 e. The van der Waals surface area contributed by atoms with Crippen LogP contribution in [0.3, 0.4) is 0 Å². The average molecular weight is 227 g/mol. The highest BCUT2D eigenvalue weighted by molar-refractivity contribution is 5.86. The Labute approximate surface area is 97.0 Å². The summed E-state index contributed by atoms with van der Waals surface area (Å²) in [5, 5.41) is 2.68. The van der Waals surface area contributed by atoms with E-state index in [1.54, 1.807) is 0 Å². The quantitative estimate of drug-likeness (QED) is 0.740. The molecule has 0 saturated carbocycles. The Morgan fingerprint density at radius 2 is 2.25 bits per heavy atom. The maximum atomic E-state index is 11.0. The van der Waals surface area contributed by atoms with Crippen LogP contribution in [0.4, 0.5) is 0 Å². The van der Waals surface area contributed by atoms with E-state index < -0.39 is 0 Å². The maximum Gasteiger partial charge on any atom is 0.243 e. The van der Waals surface area contributed by atoms with Crippen LogP contribution >= 0.6 is 0 Å². The number of nitrogens with one attached hydrogen (secondary N) is 1. The van der Waals surface area contributed by atoms with Gasteiger partial charge in [-0.1, -0.05) is 20.4 Å². The van der Waals surface area contributed by atoms with E-state index >= 15 is 0 Å². The minimum absolute atomic E-state index is 0.173. The van der Waals surface area contributed by atoms with Crippen LogP contribution in [-0.2, 0) is 14.3 Å². The second-order valence-electron chi connectivity index (χ2n) is 4.48. The van der Waals surface area contributed by atoms with E-state index in [1.165, 1.54) is 6.08 Å². The third kappa shape index (κ3) is 3.94. The molecule has 16 heavy (non-hydrogen) atoms. The SMILES string of the molecule is C=CC(=O)NCC1OC(C)CC(C(C)C)O1. The Morgan fingerprint density at radius 1 is 1.56 bits per heavy atom. The molecular weight excluding hydrogens is 206 g/mol. The molecule has 0 aromatic heterocycles. The van der Waals surface area contributed by atoms with Crippen LogP contribution in [-0.4, -0.2) is 30.9 Å². The highest BCUT2D eigenvalue weighted by Crippen LogP contribution is 2.23. The fraction of sp³-hybridized carbons (Fsp3) is 0.750. The van der Waals surface area contributed by atoms with Gasteiger partial charge in [0.25, 0.3) is 0 Å². The number of amides is 1. The number of ether oxygens (including phenoxy) is 2. The van der Waals surface area contributed by atoms with Crippen molar-refractivity contribution in [3.63, 3.8) is 0 Å². The summed E-state index contributed by atoms with van der Waals surface area (Å²) in [6.45, 7) is 10.0. The molecule has 1 heterocycles. The number of carbonyl (C=O) groups excluding carboxylic acids is 1. The predicted molar refractivity (Wildman–Crippen MR) is 61.9 cm³/mol. The summed E-state index contributed by atoms with van der Waals surface area (Å²) in [4.78, 5) is 11.0. The number of hydrogen-bond acceptors (Lipinski definition) is 3. The van der Waals surface area contributed by atoms with Crippen molar-refractivity contribution in [1.29, 1.82) is 0 Å². The van der Waals surface area contributed by atoms with Crippen LogP contribution < -0.4 is 5.32 Å². The van der Waals surface area contributed by atoms with E-state index in [0.29, 0.717) is 12.5 Å². The molecule has 0 radical (unpaired) electrons. The van der Waals surface area contributed by atoms with Gasteiger partial charge in [0, 0.05) is 0 Å². The molecule has 1 fully saturated rings. The minimum atomic E-state index is -0.347. The van der Waals surface area contributed by atoms with Gasteiger partial charge in [-0.2, -0.15) is 0 Å². The van der Waals surface area contributed by atoms with Crippen molar-refractivity contribution in [2.24, 2.45) is 5.92 Å². The average Bonchev–Trinajstić information content (AvgIpc) is 2.25. The monoisotopic (exact) mass is 227 g/mol. The van der Waals surface area contributed by atoms with Crippen LogP contribution in [0.5, 0.6) is 0 Å². The molecule has 0 spiro atoms. The predicted octanol–water partition coefficient (Wildman–Crippen LogP) is 1.46. The van der Waals surface area contributed by atoms with E-state index in [0.717, 1.165) is 6.42 Å². The molecule has 4 nitrogen and oxygen atoms in total. The Balaban J connectivity index is 2.41. The molecule has 3 atom stereocenters. The summed E-state index contributed by atoms with van der Waals surface area (Å²) >= 11 is 0. The molecule has 1 amide bonds. The highest BCUT2D eigenvalue weighted by atomic mass is 16.7. The summed E-state index contributed by atoms with van der Waals surface area (Å²) in [7, 11) is 0. The summed E-state index contributed by atoms with van der Waals surface area (Å²) in [6.07, 6.45) is 2.18. The van der Waals surface area contributed by atoms with Gasteiger partial charge in [-0.25, -0.2) is 0 Å². The zero-order valence-electron chi connectivity index (χ0n) is 10.2. The first-order valence-corrected chi connectivity index (χ1v) is 5.74. The van der Waals surface area contributed by atoms with Gasteiger partial charge < -0.3 is 14.8 Å². The first-order valence-electron chi connectivity index (χ1n) is 5.74. The van der Waals surface area contributed by atoms with Crippen molar-refractivity contribution in [2.45, 2.75) is 45.7 Å². The van der Waals surface area contributed by atoms with Crippen molar-refractivity contribution in [3.05, 3.63) is 12.7 Å². The van der Waals surface area contributed by atoms with E-state index in [1.807, 2.05) is 6.92 Å². The third-order valence-corrected chi connectivity index (χ3v) is 2.65. The van der Waals surface area contributed by atoms with Crippen LogP contribution in [0.2, 0.25) is 0 Å². The lowest BCUT2D eigenvalue weighted by Gasteiger charge is -2.36. The Morgan fingerprint density at radius 3 is 2.81 bits per heavy atom. The smallest absolute Gasteiger partial charge is 0.243 e. The normalized spacial score (nSPS) is 30.1. The molecule has 4 heteroatoms. The zero-order chi connectivity index (χ0) is 12.1. The fourth-order valence-electron chi connectivity index (χ4n) is 1.71. The molecular formula is C12H21NO3. The summed E-state index contributed by atoms with van der Waals surface area (Å²) in [5.41, 5.74) is 0. The third-order valence-electron chi connectivity index (χ3n) is 2.65. The molecule has 0 aromatic rings. The van der Waals surface area contributed by atoms with Crippen molar-refractivity contribution in [3.8, 4) is 0 Å². The molecule has 1 rings (SSSR count). The molecule has 1 saturated heterocycles. The first kappa shape index (κ1) is 13.2. The number of rotatable bonds is 4. The molecule has 0 aromatic carbocycles. The standard InChI is InChI=1S/C12H21NO3/c1-5-11(14)13-7-12-15-9(4)6-10(16-12)8(2)3/h5,8-10,12H,1,6-7H2,2-4H3,(H,13,14). The van der Waals surface area contributed by atoms with E-state index in [9.17, 15) is 4.79 Å². The lowest BCUT2D eigenvalue weighted by atomic mass is 10.0. The van der Waals surface area contributed by atoms with E-state index in [4.69, 9.17) is 9.47 Å². The second kappa shape index (κ2) is 6.01. The number of carbonyl (C=O) groups is 1. The van der Waals surface area contributed by atoms with Crippen LogP contribution in [0, 0.1) is 5.92 Å². The molecule has 0 bridgehead atoms. The van der Waals surface area contributed by atoms with Crippen molar-refractivity contribution in [2.75, 3.05) is 6.54 Å². The van der Waals surface area contributed by atoms with Crippen molar-refractivity contribution < 1.29 is 14.3 Å². The Bertz CT molecular complexity index is 253. The minimum Gasteiger partial charge on any atom is -0.348 e. The fourth-order valence-corrected chi connectivity index (χ4v) is 1.71. The molecule has 3 unspecified atom stereocenters. The van der Waals surface area contributed by atoms with Crippen LogP contribution in [0.25, 0.3) is 0 Å². The second-order valence-corrected chi connectivity index (χ2v) is 4.48. The summed E-state index contributed by atoms with van der Waals surface area (Å²) in [6, 6.07) is 0. The van der Waals surface area contributed by atoms with Gasteiger partial charge in [-0.3, -0.25) is 4.79 Å². The lowest BCUT2D eigenvalue weighted by molar-refractivity contribution is -0.243. The highest BCUT2D eigenvalue weighted by Gasteiger charge is 2.29. The van der Waals surface area contributed by atoms with Gasteiger partial charge in [-0.05, 0) is 25.3 Å². The van der Waals surface area contributed by atoms with Gasteiger partial charge in [0.2, 0.25) is 5.91 Å². The Hall–Kier alpha value is -0.870. The lowest BCUT2D eigenvalue weighted by Crippen LogP contribution is -2.45. The molecule has 1 aliphatic rings. The summed E-state index contributed by atoms with van der Waals surface area (Å²) < 4.78 is 11.3. The molecule has 92 valence electrons. The first-order chi connectivity index (χ1) is 7.52. The zero-order valence-corrected chi connectivity index (χ0v) is 10.2. The van der Waals surface area contributed by atoms with Crippen LogP contribution in [0.15, 0.2) is 12.7 Å². The van der Waals surface area contributed by atoms with Gasteiger partial charge in [-0.15, -0.1) is 0 Å². The molecule has 1 N–H and O–H groups in total. The van der Waals surface area contributed by atoms with Crippen molar-refractivity contribution in [1.82, 2.24) is 5.32 Å². The van der Waals surface area contributed by atoms with Gasteiger partial charge in [0.15, 0.2) is 6.29 Å². The van der Waals surface area contributed by atoms with Crippen molar-refractivity contribution >= 4 is 5.91 Å². The maximum absolute atomic E-state index is 11.0. The van der Waals surface area contributed by atoms with E-state index in [-0.39, 0.29) is 24.4 Å². The van der Waals surface area contributed by atoms with Gasteiger partial charge in [0.05, 0.1) is 18.8 Å². The summed E-state index contributed by atoms with van der Waals surface area (Å²) in [5.74, 6) is 0.260. The van der Waals surface area contributed by atoms with Gasteiger partial charge >= 0.3 is 0 Å². The Kier molecular flexibility index (Phi) is 4.96. The molecule has 1 aliphatic heterocycles. The molecule has 0 aliphatic carbocycles. The topological polar surface area (TPSA) is 47.6 Å². The van der Waals surface area contributed by atoms with Gasteiger partial charge in [0.1, 0.15) is 0 Å². The van der Waals surface area contributed by atoms with E-state index in [2.05, 4.69) is 25.7 Å².